The van der Waals surface area contributed by atoms with Gasteiger partial charge >= 0.3 is 0 Å². The summed E-state index contributed by atoms with van der Waals surface area (Å²) < 4.78 is 16.8. The third kappa shape index (κ3) is 11.9. The highest BCUT2D eigenvalue weighted by atomic mass is 127. The molecule has 1 saturated heterocycles. The van der Waals surface area contributed by atoms with Gasteiger partial charge in [0.1, 0.15) is 5.75 Å². The van der Waals surface area contributed by atoms with Gasteiger partial charge in [0.2, 0.25) is 0 Å². The van der Waals surface area contributed by atoms with E-state index in [2.05, 4.69) is 15.6 Å². The number of halogens is 1. The predicted octanol–water partition coefficient (Wildman–Crippen LogP) is 3.51. The Morgan fingerprint density at radius 2 is 1.90 bits per heavy atom. The molecule has 1 fully saturated rings. The summed E-state index contributed by atoms with van der Waals surface area (Å²) in [6.07, 6.45) is 2.59. The molecule has 31 heavy (non-hydrogen) atoms. The first-order chi connectivity index (χ1) is 14.6. The Morgan fingerprint density at radius 3 is 2.55 bits per heavy atom. The second-order valence-corrected chi connectivity index (χ2v) is 7.88. The number of nitrogens with one attached hydrogen (secondary N) is 2. The zero-order valence-corrected chi connectivity index (χ0v) is 21.5. The van der Waals surface area contributed by atoms with Crippen molar-refractivity contribution < 1.29 is 19.3 Å². The molecule has 0 aliphatic carbocycles. The molecule has 1 atom stereocenters. The Morgan fingerprint density at radius 1 is 1.19 bits per heavy atom. The van der Waals surface area contributed by atoms with Crippen LogP contribution in [0.2, 0.25) is 0 Å². The standard InChI is InChI=1S/C23H39N3O4.HI/c1-4-24-23(25-12-5-13-29-17-19-10-14-28-15-11-19)26-16-22(27)20-6-8-21(9-7-20)30-18(2)3;/h6-9,18-19,22,27H,4-5,10-17H2,1-3H3,(H2,24,25,26);1H. The molecule has 0 bridgehead atoms. The molecular formula is C23H40IN3O4. The molecule has 0 radical (unpaired) electrons. The number of guanidine groups is 1. The van der Waals surface area contributed by atoms with Crippen LogP contribution in [0.3, 0.4) is 0 Å². The van der Waals surface area contributed by atoms with E-state index in [9.17, 15) is 5.11 Å². The number of ether oxygens (including phenoxy) is 3. The third-order valence-electron chi connectivity index (χ3n) is 4.86. The normalized spacial score (nSPS) is 16.0. The zero-order valence-electron chi connectivity index (χ0n) is 19.1. The topological polar surface area (TPSA) is 84.3 Å². The van der Waals surface area contributed by atoms with E-state index in [0.29, 0.717) is 18.4 Å². The summed E-state index contributed by atoms with van der Waals surface area (Å²) in [5, 5.41) is 17.0. The maximum Gasteiger partial charge on any atom is 0.191 e. The van der Waals surface area contributed by atoms with Gasteiger partial charge in [-0.25, -0.2) is 0 Å². The lowest BCUT2D eigenvalue weighted by Gasteiger charge is -2.21. The molecular weight excluding hydrogens is 509 g/mol. The van der Waals surface area contributed by atoms with Crippen molar-refractivity contribution in [3.63, 3.8) is 0 Å². The molecule has 1 aromatic carbocycles. The van der Waals surface area contributed by atoms with Crippen LogP contribution in [0.1, 0.15) is 51.7 Å². The fraction of sp³-hybridized carbons (Fsp3) is 0.696. The zero-order chi connectivity index (χ0) is 21.6. The summed E-state index contributed by atoms with van der Waals surface area (Å²) in [5.74, 6) is 2.15. The Kier molecular flexibility index (Phi) is 14.9. The first-order valence-electron chi connectivity index (χ1n) is 11.2. The maximum absolute atomic E-state index is 10.4. The van der Waals surface area contributed by atoms with Gasteiger partial charge in [-0.3, -0.25) is 4.99 Å². The summed E-state index contributed by atoms with van der Waals surface area (Å²) >= 11 is 0. The molecule has 1 aromatic rings. The summed E-state index contributed by atoms with van der Waals surface area (Å²) in [4.78, 5) is 4.51. The van der Waals surface area contributed by atoms with E-state index in [1.807, 2.05) is 45.0 Å². The molecule has 1 unspecified atom stereocenters. The average molecular weight is 549 g/mol. The lowest BCUT2D eigenvalue weighted by atomic mass is 10.0. The Balaban J connectivity index is 0.00000480. The van der Waals surface area contributed by atoms with Crippen molar-refractivity contribution >= 4 is 29.9 Å². The number of rotatable bonds is 12. The van der Waals surface area contributed by atoms with Gasteiger partial charge in [-0.05, 0) is 63.6 Å². The van der Waals surface area contributed by atoms with Gasteiger partial charge < -0.3 is 30.0 Å². The van der Waals surface area contributed by atoms with Gasteiger partial charge in [0.15, 0.2) is 5.96 Å². The Hall–Kier alpha value is -1.10. The van der Waals surface area contributed by atoms with Crippen molar-refractivity contribution in [2.24, 2.45) is 10.9 Å². The monoisotopic (exact) mass is 549 g/mol. The smallest absolute Gasteiger partial charge is 0.191 e. The van der Waals surface area contributed by atoms with Crippen LogP contribution in [0.5, 0.6) is 5.75 Å². The lowest BCUT2D eigenvalue weighted by molar-refractivity contribution is 0.0203. The number of aliphatic hydroxyl groups excluding tert-OH is 1. The van der Waals surface area contributed by atoms with Crippen LogP contribution in [0.4, 0.5) is 0 Å². The van der Waals surface area contributed by atoms with E-state index < -0.39 is 6.10 Å². The van der Waals surface area contributed by atoms with E-state index >= 15 is 0 Å². The number of hydrogen-bond acceptors (Lipinski definition) is 5. The number of hydrogen-bond donors (Lipinski definition) is 3. The van der Waals surface area contributed by atoms with Crippen molar-refractivity contribution in [1.82, 2.24) is 10.6 Å². The molecule has 1 aliphatic rings. The molecule has 3 N–H and O–H groups in total. The SMILES string of the molecule is CCNC(=NCC(O)c1ccc(OC(C)C)cc1)NCCCOCC1CCOCC1.I. The van der Waals surface area contributed by atoms with Crippen LogP contribution in [0.25, 0.3) is 0 Å². The predicted molar refractivity (Wildman–Crippen MR) is 136 cm³/mol. The van der Waals surface area contributed by atoms with Gasteiger partial charge in [0, 0.05) is 39.5 Å². The number of aliphatic hydroxyl groups is 1. The fourth-order valence-corrected chi connectivity index (χ4v) is 3.21. The largest absolute Gasteiger partial charge is 0.491 e. The quantitative estimate of drug-likeness (QED) is 0.160. The van der Waals surface area contributed by atoms with Gasteiger partial charge in [-0.15, -0.1) is 24.0 Å². The summed E-state index contributed by atoms with van der Waals surface area (Å²) in [6, 6.07) is 7.53. The average Bonchev–Trinajstić information content (AvgIpc) is 2.75. The molecule has 1 aliphatic heterocycles. The van der Waals surface area contributed by atoms with Crippen LogP contribution in [0, 0.1) is 5.92 Å². The molecule has 178 valence electrons. The highest BCUT2D eigenvalue weighted by Crippen LogP contribution is 2.19. The number of benzene rings is 1. The van der Waals surface area contributed by atoms with Gasteiger partial charge in [-0.2, -0.15) is 0 Å². The molecule has 0 saturated carbocycles. The van der Waals surface area contributed by atoms with Crippen molar-refractivity contribution in [2.75, 3.05) is 46.1 Å². The van der Waals surface area contributed by atoms with Gasteiger partial charge in [0.25, 0.3) is 0 Å². The molecule has 7 nitrogen and oxygen atoms in total. The van der Waals surface area contributed by atoms with Crippen molar-refractivity contribution in [1.29, 1.82) is 0 Å². The number of nitrogens with zero attached hydrogens (tertiary/aromatic N) is 1. The lowest BCUT2D eigenvalue weighted by Crippen LogP contribution is -2.38. The summed E-state index contributed by atoms with van der Waals surface area (Å²) in [6.45, 7) is 11.1. The van der Waals surface area contributed by atoms with Crippen LogP contribution in [-0.4, -0.2) is 63.2 Å². The van der Waals surface area contributed by atoms with Crippen molar-refractivity contribution in [2.45, 2.75) is 52.2 Å². The van der Waals surface area contributed by atoms with E-state index in [1.165, 1.54) is 0 Å². The minimum Gasteiger partial charge on any atom is -0.491 e. The van der Waals surface area contributed by atoms with E-state index in [-0.39, 0.29) is 30.1 Å². The van der Waals surface area contributed by atoms with Gasteiger partial charge in [0.05, 0.1) is 18.8 Å². The van der Waals surface area contributed by atoms with Crippen LogP contribution in [0.15, 0.2) is 29.3 Å². The molecule has 2 rings (SSSR count). The van der Waals surface area contributed by atoms with Gasteiger partial charge in [-0.1, -0.05) is 12.1 Å². The molecule has 0 spiro atoms. The Bertz CT molecular complexity index is 607. The van der Waals surface area contributed by atoms with E-state index in [1.54, 1.807) is 0 Å². The first kappa shape index (κ1) is 27.9. The number of aliphatic imine (C=N–C) groups is 1. The second-order valence-electron chi connectivity index (χ2n) is 7.88. The second kappa shape index (κ2) is 16.5. The maximum atomic E-state index is 10.4. The third-order valence-corrected chi connectivity index (χ3v) is 4.86. The van der Waals surface area contributed by atoms with E-state index in [4.69, 9.17) is 14.2 Å². The summed E-state index contributed by atoms with van der Waals surface area (Å²) in [7, 11) is 0. The van der Waals surface area contributed by atoms with Crippen LogP contribution in [-0.2, 0) is 9.47 Å². The van der Waals surface area contributed by atoms with Crippen LogP contribution >= 0.6 is 24.0 Å². The molecule has 0 aromatic heterocycles. The highest BCUT2D eigenvalue weighted by molar-refractivity contribution is 14.0. The molecule has 8 heteroatoms. The minimum atomic E-state index is -0.656. The minimum absolute atomic E-state index is 0. The first-order valence-corrected chi connectivity index (χ1v) is 11.2. The van der Waals surface area contributed by atoms with Crippen LogP contribution < -0.4 is 15.4 Å². The van der Waals surface area contributed by atoms with Crippen molar-refractivity contribution in [3.8, 4) is 5.75 Å². The van der Waals surface area contributed by atoms with Crippen molar-refractivity contribution in [3.05, 3.63) is 29.8 Å². The Labute approximate surface area is 204 Å². The summed E-state index contributed by atoms with van der Waals surface area (Å²) in [5.41, 5.74) is 0.826. The molecule has 0 amide bonds. The molecule has 1 heterocycles. The fourth-order valence-electron chi connectivity index (χ4n) is 3.21. The van der Waals surface area contributed by atoms with E-state index in [0.717, 1.165) is 70.1 Å². The highest BCUT2D eigenvalue weighted by Gasteiger charge is 2.13.